The molecule has 4 heterocycles. The molecule has 0 aliphatic heterocycles. The number of para-hydroxylation sites is 4. The first kappa shape index (κ1) is 31.3. The third-order valence-electron chi connectivity index (χ3n) is 9.82. The summed E-state index contributed by atoms with van der Waals surface area (Å²) in [5.41, 5.74) is 10.7. The van der Waals surface area contributed by atoms with Crippen LogP contribution in [0.5, 0.6) is 0 Å². The lowest BCUT2D eigenvalue weighted by Gasteiger charge is -2.08. The highest BCUT2D eigenvalue weighted by molar-refractivity contribution is 7.21. The molecular formula is C47H27N5O2S. The topological polar surface area (TPSA) is 90.7 Å². The molecule has 0 bridgehead atoms. The van der Waals surface area contributed by atoms with Crippen molar-refractivity contribution < 1.29 is 8.83 Å². The number of furan rings is 1. The molecule has 11 aromatic rings. The van der Waals surface area contributed by atoms with Gasteiger partial charge in [-0.3, -0.25) is 0 Å². The summed E-state index contributed by atoms with van der Waals surface area (Å²) in [4.78, 5) is 24.5. The highest BCUT2D eigenvalue weighted by Crippen LogP contribution is 2.41. The Morgan fingerprint density at radius 2 is 0.982 bits per heavy atom. The second kappa shape index (κ2) is 12.7. The van der Waals surface area contributed by atoms with Crippen LogP contribution in [0.15, 0.2) is 173 Å². The Labute approximate surface area is 318 Å². The zero-order valence-corrected chi connectivity index (χ0v) is 29.9. The molecule has 0 saturated heterocycles. The monoisotopic (exact) mass is 725 g/mol. The summed E-state index contributed by atoms with van der Waals surface area (Å²) in [6, 6.07) is 55.0. The standard InChI is InChI=1S/C47H27N5O2S/c1-3-12-28(13-4-1)43-50-44(29-14-5-2-6-15-29)52-45(51-43)31-24-25-38-40(27-31)55-47(49-38)32-17-9-16-30(26-32)33-18-10-19-34-35-20-11-21-36(42(35)54-41(33)34)46-48-37-22-7-8-23-39(37)53-46/h1-27H. The van der Waals surface area contributed by atoms with E-state index in [0.29, 0.717) is 23.4 Å². The van der Waals surface area contributed by atoms with Gasteiger partial charge in [0.05, 0.1) is 15.8 Å². The van der Waals surface area contributed by atoms with Gasteiger partial charge in [0.2, 0.25) is 5.89 Å². The molecule has 0 spiro atoms. The van der Waals surface area contributed by atoms with Gasteiger partial charge in [0.25, 0.3) is 0 Å². The molecule has 55 heavy (non-hydrogen) atoms. The van der Waals surface area contributed by atoms with Crippen LogP contribution in [0.4, 0.5) is 0 Å². The van der Waals surface area contributed by atoms with E-state index in [0.717, 1.165) is 87.2 Å². The van der Waals surface area contributed by atoms with Crippen LogP contribution < -0.4 is 0 Å². The van der Waals surface area contributed by atoms with Gasteiger partial charge in [0, 0.05) is 38.6 Å². The number of fused-ring (bicyclic) bond motifs is 5. The average Bonchev–Trinajstić information content (AvgIpc) is 3.99. The van der Waals surface area contributed by atoms with Gasteiger partial charge in [-0.1, -0.05) is 121 Å². The van der Waals surface area contributed by atoms with Crippen LogP contribution in [0.25, 0.3) is 111 Å². The summed E-state index contributed by atoms with van der Waals surface area (Å²) in [5.74, 6) is 2.42. The lowest BCUT2D eigenvalue weighted by atomic mass is 10.0. The summed E-state index contributed by atoms with van der Waals surface area (Å²) in [6.07, 6.45) is 0. The number of benzene rings is 7. The molecule has 0 N–H and O–H groups in total. The van der Waals surface area contributed by atoms with Crippen molar-refractivity contribution in [3.63, 3.8) is 0 Å². The van der Waals surface area contributed by atoms with E-state index in [4.69, 9.17) is 33.8 Å². The van der Waals surface area contributed by atoms with E-state index >= 15 is 0 Å². The highest BCUT2D eigenvalue weighted by atomic mass is 32.1. The SMILES string of the molecule is c1ccc(-c2nc(-c3ccccc3)nc(-c3ccc4nc(-c5cccc(-c6cccc7c6oc6c(-c8nc9ccccc9o8)cccc67)c5)sc4c3)n2)cc1. The number of rotatable bonds is 6. The largest absolute Gasteiger partial charge is 0.455 e. The fourth-order valence-electron chi connectivity index (χ4n) is 7.15. The lowest BCUT2D eigenvalue weighted by Crippen LogP contribution is -1.99. The van der Waals surface area contributed by atoms with E-state index in [1.54, 1.807) is 11.3 Å². The van der Waals surface area contributed by atoms with Gasteiger partial charge in [0.15, 0.2) is 23.1 Å². The van der Waals surface area contributed by atoms with Crippen molar-refractivity contribution in [2.45, 2.75) is 0 Å². The maximum atomic E-state index is 6.71. The van der Waals surface area contributed by atoms with Gasteiger partial charge in [-0.05, 0) is 48.0 Å². The van der Waals surface area contributed by atoms with E-state index in [2.05, 4.69) is 54.6 Å². The number of hydrogen-bond acceptors (Lipinski definition) is 8. The Kier molecular flexibility index (Phi) is 7.21. The Morgan fingerprint density at radius 1 is 0.382 bits per heavy atom. The van der Waals surface area contributed by atoms with Crippen molar-refractivity contribution >= 4 is 54.6 Å². The molecule has 0 radical (unpaired) electrons. The molecule has 0 fully saturated rings. The van der Waals surface area contributed by atoms with Crippen LogP contribution in [0.2, 0.25) is 0 Å². The first-order valence-electron chi connectivity index (χ1n) is 17.9. The van der Waals surface area contributed by atoms with Crippen LogP contribution in [-0.4, -0.2) is 24.9 Å². The fourth-order valence-corrected chi connectivity index (χ4v) is 8.15. The van der Waals surface area contributed by atoms with Crippen molar-refractivity contribution in [2.75, 3.05) is 0 Å². The van der Waals surface area contributed by atoms with Gasteiger partial charge in [-0.25, -0.2) is 24.9 Å². The van der Waals surface area contributed by atoms with Crippen molar-refractivity contribution in [3.05, 3.63) is 164 Å². The third kappa shape index (κ3) is 5.47. The first-order chi connectivity index (χ1) is 27.2. The molecular weight excluding hydrogens is 699 g/mol. The fraction of sp³-hybridized carbons (Fsp3) is 0. The molecule has 7 aromatic carbocycles. The van der Waals surface area contributed by atoms with Crippen LogP contribution in [0.1, 0.15) is 0 Å². The number of aromatic nitrogens is 5. The normalized spacial score (nSPS) is 11.6. The Hall–Kier alpha value is -7.29. The summed E-state index contributed by atoms with van der Waals surface area (Å²) in [7, 11) is 0. The summed E-state index contributed by atoms with van der Waals surface area (Å²) >= 11 is 1.65. The Morgan fingerprint density at radius 3 is 1.71 bits per heavy atom. The van der Waals surface area contributed by atoms with Crippen LogP contribution in [0.3, 0.4) is 0 Å². The van der Waals surface area contributed by atoms with Gasteiger partial charge < -0.3 is 8.83 Å². The van der Waals surface area contributed by atoms with E-state index in [1.165, 1.54) is 0 Å². The smallest absolute Gasteiger partial charge is 0.231 e. The van der Waals surface area contributed by atoms with Crippen LogP contribution >= 0.6 is 11.3 Å². The molecule has 11 rings (SSSR count). The minimum atomic E-state index is 0.539. The second-order valence-corrected chi connectivity index (χ2v) is 14.3. The Balaban J connectivity index is 0.975. The van der Waals surface area contributed by atoms with E-state index < -0.39 is 0 Å². The first-order valence-corrected chi connectivity index (χ1v) is 18.7. The highest BCUT2D eigenvalue weighted by Gasteiger charge is 2.19. The van der Waals surface area contributed by atoms with E-state index in [1.807, 2.05) is 109 Å². The zero-order chi connectivity index (χ0) is 36.3. The van der Waals surface area contributed by atoms with Crippen LogP contribution in [0, 0.1) is 0 Å². The van der Waals surface area contributed by atoms with Crippen molar-refractivity contribution in [3.8, 4) is 67.3 Å². The second-order valence-electron chi connectivity index (χ2n) is 13.3. The maximum Gasteiger partial charge on any atom is 0.231 e. The molecule has 4 aromatic heterocycles. The molecule has 0 aliphatic carbocycles. The number of hydrogen-bond donors (Lipinski definition) is 0. The molecule has 7 nitrogen and oxygen atoms in total. The molecule has 0 saturated carbocycles. The minimum Gasteiger partial charge on any atom is -0.455 e. The van der Waals surface area contributed by atoms with Gasteiger partial charge in [-0.15, -0.1) is 11.3 Å². The van der Waals surface area contributed by atoms with Crippen molar-refractivity contribution in [1.29, 1.82) is 0 Å². The predicted molar refractivity (Wildman–Crippen MR) is 220 cm³/mol. The molecule has 258 valence electrons. The summed E-state index contributed by atoms with van der Waals surface area (Å²) in [5, 5.41) is 2.97. The van der Waals surface area contributed by atoms with Crippen molar-refractivity contribution in [1.82, 2.24) is 24.9 Å². The quantitative estimate of drug-likeness (QED) is 0.168. The molecule has 0 atom stereocenters. The molecule has 0 unspecified atom stereocenters. The summed E-state index contributed by atoms with van der Waals surface area (Å²) < 4.78 is 13.9. The minimum absolute atomic E-state index is 0.539. The number of thiazole rings is 1. The van der Waals surface area contributed by atoms with E-state index in [9.17, 15) is 0 Å². The number of nitrogens with zero attached hydrogens (tertiary/aromatic N) is 5. The lowest BCUT2D eigenvalue weighted by molar-refractivity contribution is 0.615. The third-order valence-corrected chi connectivity index (χ3v) is 10.9. The van der Waals surface area contributed by atoms with Crippen molar-refractivity contribution in [2.24, 2.45) is 0 Å². The zero-order valence-electron chi connectivity index (χ0n) is 29.0. The number of oxazole rings is 1. The van der Waals surface area contributed by atoms with Crippen LogP contribution in [-0.2, 0) is 0 Å². The van der Waals surface area contributed by atoms with Gasteiger partial charge >= 0.3 is 0 Å². The maximum absolute atomic E-state index is 6.71. The molecule has 8 heteroatoms. The molecule has 0 aliphatic rings. The van der Waals surface area contributed by atoms with Gasteiger partial charge in [0.1, 0.15) is 21.7 Å². The Bertz CT molecular complexity index is 3130. The molecule has 0 amide bonds. The van der Waals surface area contributed by atoms with Gasteiger partial charge in [-0.2, -0.15) is 0 Å². The predicted octanol–water partition coefficient (Wildman–Crippen LogP) is 12.5. The van der Waals surface area contributed by atoms with E-state index in [-0.39, 0.29) is 0 Å². The summed E-state index contributed by atoms with van der Waals surface area (Å²) in [6.45, 7) is 0. The average molecular weight is 726 g/mol.